The third-order valence-corrected chi connectivity index (χ3v) is 6.04. The number of ether oxygens (including phenoxy) is 1. The number of methoxy groups -OCH3 is 1. The molecule has 174 valence electrons. The molecule has 1 fully saturated rings. The molecule has 4 rings (SSSR count). The van der Waals surface area contributed by atoms with Gasteiger partial charge < -0.3 is 19.1 Å². The molecule has 0 aliphatic carbocycles. The SMILES string of the molecule is COc1cccc(-c2cnc(N(C)C)nc2C2CCCN2C(=O)Cn2ccnc2C(C)C)c1. The number of anilines is 1. The third kappa shape index (κ3) is 4.69. The van der Waals surface area contributed by atoms with E-state index in [1.165, 1.54) is 0 Å². The van der Waals surface area contributed by atoms with Crippen LogP contribution in [-0.2, 0) is 11.3 Å². The number of imidazole rings is 1. The Labute approximate surface area is 195 Å². The van der Waals surface area contributed by atoms with Gasteiger partial charge in [0.15, 0.2) is 0 Å². The van der Waals surface area contributed by atoms with E-state index >= 15 is 0 Å². The summed E-state index contributed by atoms with van der Waals surface area (Å²) in [7, 11) is 5.51. The lowest BCUT2D eigenvalue weighted by molar-refractivity contribution is -0.132. The minimum absolute atomic E-state index is 0.0824. The van der Waals surface area contributed by atoms with Crippen LogP contribution in [0, 0.1) is 0 Å². The molecule has 1 saturated heterocycles. The zero-order valence-corrected chi connectivity index (χ0v) is 20.0. The molecule has 1 unspecified atom stereocenters. The van der Waals surface area contributed by atoms with Crippen molar-refractivity contribution in [3.63, 3.8) is 0 Å². The quantitative estimate of drug-likeness (QED) is 0.546. The second-order valence-electron chi connectivity index (χ2n) is 8.91. The molecule has 1 amide bonds. The Morgan fingerprint density at radius 1 is 1.27 bits per heavy atom. The van der Waals surface area contributed by atoms with Crippen molar-refractivity contribution in [1.29, 1.82) is 0 Å². The lowest BCUT2D eigenvalue weighted by atomic mass is 9.99. The highest BCUT2D eigenvalue weighted by Crippen LogP contribution is 2.38. The van der Waals surface area contributed by atoms with Gasteiger partial charge in [0.1, 0.15) is 18.1 Å². The van der Waals surface area contributed by atoms with Crippen LogP contribution in [0.3, 0.4) is 0 Å². The second-order valence-corrected chi connectivity index (χ2v) is 8.91. The van der Waals surface area contributed by atoms with E-state index in [2.05, 4.69) is 23.8 Å². The number of hydrogen-bond acceptors (Lipinski definition) is 6. The summed E-state index contributed by atoms with van der Waals surface area (Å²) in [5.74, 6) is 2.67. The first-order valence-electron chi connectivity index (χ1n) is 11.4. The Kier molecular flexibility index (Phi) is 6.62. The maximum Gasteiger partial charge on any atom is 0.243 e. The van der Waals surface area contributed by atoms with Gasteiger partial charge in [0.05, 0.1) is 18.8 Å². The molecule has 1 aliphatic heterocycles. The van der Waals surface area contributed by atoms with E-state index in [9.17, 15) is 4.79 Å². The average molecular weight is 449 g/mol. The molecule has 8 nitrogen and oxygen atoms in total. The molecule has 1 atom stereocenters. The Balaban J connectivity index is 1.70. The Hall–Kier alpha value is -3.42. The van der Waals surface area contributed by atoms with Gasteiger partial charge in [-0.15, -0.1) is 0 Å². The molecule has 3 aromatic rings. The van der Waals surface area contributed by atoms with Gasteiger partial charge in [0, 0.05) is 50.7 Å². The van der Waals surface area contributed by atoms with Crippen molar-refractivity contribution in [3.8, 4) is 16.9 Å². The highest BCUT2D eigenvalue weighted by Gasteiger charge is 2.33. The number of likely N-dealkylation sites (tertiary alicyclic amines) is 1. The van der Waals surface area contributed by atoms with Crippen molar-refractivity contribution in [2.24, 2.45) is 0 Å². The Bertz CT molecular complexity index is 1120. The second kappa shape index (κ2) is 9.60. The maximum atomic E-state index is 13.4. The van der Waals surface area contributed by atoms with Crippen LogP contribution in [-0.4, -0.2) is 58.1 Å². The van der Waals surface area contributed by atoms with E-state index in [4.69, 9.17) is 9.72 Å². The third-order valence-electron chi connectivity index (χ3n) is 6.04. The molecule has 3 heterocycles. The van der Waals surface area contributed by atoms with Crippen molar-refractivity contribution in [2.45, 2.75) is 45.2 Å². The predicted octanol–water partition coefficient (Wildman–Crippen LogP) is 3.90. The van der Waals surface area contributed by atoms with E-state index in [1.54, 1.807) is 13.3 Å². The van der Waals surface area contributed by atoms with Crippen molar-refractivity contribution in [2.75, 3.05) is 32.6 Å². The number of carbonyl (C=O) groups is 1. The molecule has 33 heavy (non-hydrogen) atoms. The fraction of sp³-hybridized carbons (Fsp3) is 0.440. The van der Waals surface area contributed by atoms with Crippen molar-refractivity contribution in [3.05, 3.63) is 54.4 Å². The van der Waals surface area contributed by atoms with Crippen LogP contribution in [0.5, 0.6) is 5.75 Å². The predicted molar refractivity (Wildman–Crippen MR) is 128 cm³/mol. The van der Waals surface area contributed by atoms with Gasteiger partial charge >= 0.3 is 0 Å². The van der Waals surface area contributed by atoms with Crippen LogP contribution in [0.15, 0.2) is 42.9 Å². The topological polar surface area (TPSA) is 76.4 Å². The van der Waals surface area contributed by atoms with Crippen LogP contribution in [0.2, 0.25) is 0 Å². The van der Waals surface area contributed by atoms with Crippen molar-refractivity contribution >= 4 is 11.9 Å². The minimum Gasteiger partial charge on any atom is -0.497 e. The van der Waals surface area contributed by atoms with Crippen LogP contribution < -0.4 is 9.64 Å². The highest BCUT2D eigenvalue weighted by molar-refractivity contribution is 5.78. The molecule has 1 aromatic carbocycles. The van der Waals surface area contributed by atoms with E-state index in [-0.39, 0.29) is 24.4 Å². The van der Waals surface area contributed by atoms with Crippen LogP contribution in [0.4, 0.5) is 5.95 Å². The van der Waals surface area contributed by atoms with Crippen LogP contribution >= 0.6 is 0 Å². The maximum absolute atomic E-state index is 13.4. The fourth-order valence-electron chi connectivity index (χ4n) is 4.41. The van der Waals surface area contributed by atoms with Crippen molar-refractivity contribution in [1.82, 2.24) is 24.4 Å². The number of hydrogen-bond donors (Lipinski definition) is 0. The van der Waals surface area contributed by atoms with E-state index in [1.807, 2.05) is 65.1 Å². The summed E-state index contributed by atoms with van der Waals surface area (Å²) in [6.07, 6.45) is 7.32. The van der Waals surface area contributed by atoms with Gasteiger partial charge in [0.2, 0.25) is 11.9 Å². The molecule has 0 N–H and O–H groups in total. The van der Waals surface area contributed by atoms with E-state index in [0.29, 0.717) is 12.5 Å². The van der Waals surface area contributed by atoms with Crippen LogP contribution in [0.1, 0.15) is 50.2 Å². The molecule has 2 aromatic heterocycles. The van der Waals surface area contributed by atoms with Gasteiger partial charge in [0.25, 0.3) is 0 Å². The number of benzene rings is 1. The standard InChI is InChI=1S/C25H32N6O2/c1-17(2)24-26-11-13-30(24)16-22(32)31-12-7-10-21(31)23-20(15-27-25(28-23)29(3)4)18-8-6-9-19(14-18)33-5/h6,8-9,11,13-15,17,21H,7,10,12,16H2,1-5H3. The number of aromatic nitrogens is 4. The lowest BCUT2D eigenvalue weighted by Gasteiger charge is -2.27. The largest absolute Gasteiger partial charge is 0.497 e. The summed E-state index contributed by atoms with van der Waals surface area (Å²) >= 11 is 0. The first kappa shape index (κ1) is 22.8. The number of rotatable bonds is 7. The Morgan fingerprint density at radius 2 is 2.09 bits per heavy atom. The lowest BCUT2D eigenvalue weighted by Crippen LogP contribution is -2.34. The average Bonchev–Trinajstić information content (AvgIpc) is 3.48. The van der Waals surface area contributed by atoms with Gasteiger partial charge in [-0.2, -0.15) is 0 Å². The summed E-state index contributed by atoms with van der Waals surface area (Å²) in [5, 5.41) is 0. The fourth-order valence-corrected chi connectivity index (χ4v) is 4.41. The zero-order valence-electron chi connectivity index (χ0n) is 20.0. The molecular weight excluding hydrogens is 416 g/mol. The molecule has 1 aliphatic rings. The first-order valence-corrected chi connectivity index (χ1v) is 11.4. The number of nitrogens with zero attached hydrogens (tertiary/aromatic N) is 6. The first-order chi connectivity index (χ1) is 15.9. The summed E-state index contributed by atoms with van der Waals surface area (Å²) < 4.78 is 7.38. The van der Waals surface area contributed by atoms with E-state index < -0.39 is 0 Å². The Morgan fingerprint density at radius 3 is 2.82 bits per heavy atom. The number of carbonyl (C=O) groups excluding carboxylic acids is 1. The van der Waals surface area contributed by atoms with Gasteiger partial charge in [-0.1, -0.05) is 26.0 Å². The number of amides is 1. The highest BCUT2D eigenvalue weighted by atomic mass is 16.5. The molecule has 0 spiro atoms. The normalized spacial score (nSPS) is 15.8. The monoisotopic (exact) mass is 448 g/mol. The molecule has 0 bridgehead atoms. The van der Waals surface area contributed by atoms with Crippen LogP contribution in [0.25, 0.3) is 11.1 Å². The van der Waals surface area contributed by atoms with Gasteiger partial charge in [-0.25, -0.2) is 15.0 Å². The van der Waals surface area contributed by atoms with E-state index in [0.717, 1.165) is 41.2 Å². The minimum atomic E-state index is -0.105. The van der Waals surface area contributed by atoms with Crippen molar-refractivity contribution < 1.29 is 9.53 Å². The summed E-state index contributed by atoms with van der Waals surface area (Å²) in [6, 6.07) is 7.79. The van der Waals surface area contributed by atoms with Gasteiger partial charge in [-0.05, 0) is 30.5 Å². The zero-order chi connectivity index (χ0) is 23.5. The molecular formula is C25H32N6O2. The smallest absolute Gasteiger partial charge is 0.243 e. The molecule has 8 heteroatoms. The van der Waals surface area contributed by atoms with Gasteiger partial charge in [-0.3, -0.25) is 4.79 Å². The summed E-state index contributed by atoms with van der Waals surface area (Å²) in [5.41, 5.74) is 2.78. The molecule has 0 radical (unpaired) electrons. The molecule has 0 saturated carbocycles. The summed E-state index contributed by atoms with van der Waals surface area (Å²) in [4.78, 5) is 31.2. The summed E-state index contributed by atoms with van der Waals surface area (Å²) in [6.45, 7) is 5.18.